The first-order valence-corrected chi connectivity index (χ1v) is 15.8. The zero-order valence-corrected chi connectivity index (χ0v) is 27.1. The number of nitrogens with one attached hydrogen (secondary N) is 1. The zero-order valence-electron chi connectivity index (χ0n) is 27.1. The predicted octanol–water partition coefficient (Wildman–Crippen LogP) is 6.82. The normalized spacial score (nSPS) is 17.8. The third-order valence-electron chi connectivity index (χ3n) is 8.15. The van der Waals surface area contributed by atoms with E-state index in [4.69, 9.17) is 9.84 Å². The van der Waals surface area contributed by atoms with Crippen molar-refractivity contribution < 1.29 is 23.9 Å². The van der Waals surface area contributed by atoms with Crippen LogP contribution in [0.1, 0.15) is 109 Å². The Hall–Kier alpha value is -3.81. The van der Waals surface area contributed by atoms with Crippen molar-refractivity contribution in [2.24, 2.45) is 16.4 Å². The molecule has 1 aliphatic carbocycles. The number of rotatable bonds is 9. The van der Waals surface area contributed by atoms with Crippen LogP contribution in [0.2, 0.25) is 0 Å². The molecule has 0 radical (unpaired) electrons. The summed E-state index contributed by atoms with van der Waals surface area (Å²) in [5, 5.41) is 9.09. The average molecular weight is 602 g/mol. The number of nitrogens with zero attached hydrogens (tertiary/aromatic N) is 2. The van der Waals surface area contributed by atoms with Crippen molar-refractivity contribution in [2.45, 2.75) is 104 Å². The molecular weight excluding hydrogens is 554 g/mol. The van der Waals surface area contributed by atoms with Crippen LogP contribution < -0.4 is 5.32 Å². The number of esters is 1. The van der Waals surface area contributed by atoms with Crippen LogP contribution in [0, 0.1) is 11.3 Å². The summed E-state index contributed by atoms with van der Waals surface area (Å²) in [6.07, 6.45) is 6.06. The average Bonchev–Trinajstić information content (AvgIpc) is 3.06. The highest BCUT2D eigenvalue weighted by Gasteiger charge is 2.38. The number of ether oxygens (including phenoxy) is 1. The molecule has 1 aliphatic heterocycles. The maximum Gasteiger partial charge on any atom is 0.306 e. The van der Waals surface area contributed by atoms with Crippen LogP contribution in [-0.4, -0.2) is 46.4 Å². The van der Waals surface area contributed by atoms with Crippen molar-refractivity contribution in [3.63, 3.8) is 0 Å². The van der Waals surface area contributed by atoms with Gasteiger partial charge in [-0.25, -0.2) is 5.01 Å². The van der Waals surface area contributed by atoms with E-state index in [1.165, 1.54) is 11.4 Å². The van der Waals surface area contributed by atoms with Crippen LogP contribution in [0.15, 0.2) is 53.6 Å². The molecule has 1 atom stereocenters. The van der Waals surface area contributed by atoms with Crippen LogP contribution in [0.5, 0.6) is 0 Å². The Kier molecular flexibility index (Phi) is 10.4. The summed E-state index contributed by atoms with van der Waals surface area (Å²) >= 11 is 0. The summed E-state index contributed by atoms with van der Waals surface area (Å²) in [7, 11) is 0. The Morgan fingerprint density at radius 2 is 1.66 bits per heavy atom. The van der Waals surface area contributed by atoms with Gasteiger partial charge in [0.25, 0.3) is 5.91 Å². The molecule has 2 amide bonds. The molecule has 8 nitrogen and oxygen atoms in total. The lowest BCUT2D eigenvalue weighted by atomic mass is 9.78. The van der Waals surface area contributed by atoms with Crippen molar-refractivity contribution in [2.75, 3.05) is 11.9 Å². The number of aryl methyl sites for hydroxylation is 1. The summed E-state index contributed by atoms with van der Waals surface area (Å²) in [5.41, 5.74) is 2.84. The third-order valence-corrected chi connectivity index (χ3v) is 8.15. The van der Waals surface area contributed by atoms with Gasteiger partial charge in [-0.05, 0) is 63.3 Å². The standard InChI is InChI=1S/C36H47N3O5/c1-35(2,3)30(40)22-29-27-17-10-11-18-28(27)33(25-14-8-7-9-15-25)38-39(34(29)43)23-31(41)37-26-16-12-13-24(21-26)19-20-32(42)44-36(4,5)6/h10-13,16-18,21,25,29H,7-9,14-15,19-20,22-23H2,1-6H3,(H,37,41). The number of ketones is 1. The van der Waals surface area contributed by atoms with Crippen molar-refractivity contribution in [3.05, 3.63) is 65.2 Å². The lowest BCUT2D eigenvalue weighted by molar-refractivity contribution is -0.154. The topological polar surface area (TPSA) is 105 Å². The minimum atomic E-state index is -0.730. The Morgan fingerprint density at radius 1 is 0.955 bits per heavy atom. The molecule has 1 N–H and O–H groups in total. The van der Waals surface area contributed by atoms with Gasteiger partial charge in [0.05, 0.1) is 11.6 Å². The summed E-state index contributed by atoms with van der Waals surface area (Å²) in [4.78, 5) is 52.9. The second-order valence-corrected chi connectivity index (χ2v) is 14.1. The SMILES string of the molecule is CC(C)(C)OC(=O)CCc1cccc(NC(=O)CN2N=C(C3CCCCC3)c3ccccc3C(CC(=O)C(C)(C)C)C2=O)c1. The second kappa shape index (κ2) is 13.9. The van der Waals surface area contributed by atoms with Gasteiger partial charge in [-0.2, -0.15) is 5.10 Å². The summed E-state index contributed by atoms with van der Waals surface area (Å²) in [5.74, 6) is -1.57. The maximum atomic E-state index is 14.1. The van der Waals surface area contributed by atoms with Gasteiger partial charge in [0.15, 0.2) is 0 Å². The molecule has 1 unspecified atom stereocenters. The van der Waals surface area contributed by atoms with Crippen molar-refractivity contribution in [1.29, 1.82) is 0 Å². The summed E-state index contributed by atoms with van der Waals surface area (Å²) in [6.45, 7) is 10.8. The molecule has 2 aliphatic rings. The van der Waals surface area contributed by atoms with Crippen molar-refractivity contribution in [1.82, 2.24) is 5.01 Å². The molecule has 2 aromatic rings. The fraction of sp³-hybridized carbons (Fsp3) is 0.528. The molecule has 1 fully saturated rings. The van der Waals surface area contributed by atoms with Gasteiger partial charge in [0.1, 0.15) is 17.9 Å². The van der Waals surface area contributed by atoms with Gasteiger partial charge < -0.3 is 10.1 Å². The van der Waals surface area contributed by atoms with E-state index in [1.54, 1.807) is 6.07 Å². The number of benzene rings is 2. The van der Waals surface area contributed by atoms with E-state index in [0.717, 1.165) is 48.1 Å². The van der Waals surface area contributed by atoms with Crippen LogP contribution in [-0.2, 0) is 30.3 Å². The van der Waals surface area contributed by atoms with E-state index in [0.29, 0.717) is 12.1 Å². The van der Waals surface area contributed by atoms with Crippen LogP contribution in [0.25, 0.3) is 0 Å². The lowest BCUT2D eigenvalue weighted by Crippen LogP contribution is -2.38. The van der Waals surface area contributed by atoms with Gasteiger partial charge in [0, 0.05) is 35.4 Å². The number of anilines is 1. The lowest BCUT2D eigenvalue weighted by Gasteiger charge is -2.25. The maximum absolute atomic E-state index is 14.1. The number of Topliss-reactive ketones (excluding diaryl/α,β-unsaturated/α-hetero) is 1. The predicted molar refractivity (Wildman–Crippen MR) is 172 cm³/mol. The summed E-state index contributed by atoms with van der Waals surface area (Å²) in [6, 6.07) is 15.1. The number of hydrogen-bond donors (Lipinski definition) is 1. The molecule has 2 aromatic carbocycles. The number of carbonyl (C=O) groups excluding carboxylic acids is 4. The van der Waals surface area contributed by atoms with E-state index < -0.39 is 16.9 Å². The van der Waals surface area contributed by atoms with Crippen LogP contribution >= 0.6 is 0 Å². The minimum absolute atomic E-state index is 0.0145. The highest BCUT2D eigenvalue weighted by atomic mass is 16.6. The van der Waals surface area contributed by atoms with E-state index in [-0.39, 0.29) is 48.9 Å². The first-order valence-electron chi connectivity index (χ1n) is 15.8. The molecule has 0 spiro atoms. The molecule has 1 saturated carbocycles. The molecule has 4 rings (SSSR count). The zero-order chi connectivity index (χ0) is 32.1. The van der Waals surface area contributed by atoms with Crippen LogP contribution in [0.3, 0.4) is 0 Å². The number of hydrogen-bond acceptors (Lipinski definition) is 6. The van der Waals surface area contributed by atoms with E-state index in [9.17, 15) is 19.2 Å². The molecule has 0 saturated heterocycles. The molecular formula is C36H47N3O5. The van der Waals surface area contributed by atoms with E-state index in [1.807, 2.05) is 84.0 Å². The van der Waals surface area contributed by atoms with Gasteiger partial charge in [0.2, 0.25) is 5.91 Å². The number of hydrazone groups is 1. The molecule has 1 heterocycles. The number of carbonyl (C=O) groups is 4. The third kappa shape index (κ3) is 8.87. The minimum Gasteiger partial charge on any atom is -0.460 e. The molecule has 0 bridgehead atoms. The Labute approximate surface area is 261 Å². The molecule has 44 heavy (non-hydrogen) atoms. The molecule has 236 valence electrons. The van der Waals surface area contributed by atoms with E-state index >= 15 is 0 Å². The van der Waals surface area contributed by atoms with Crippen LogP contribution in [0.4, 0.5) is 5.69 Å². The van der Waals surface area contributed by atoms with Crippen molar-refractivity contribution in [3.8, 4) is 0 Å². The highest BCUT2D eigenvalue weighted by Crippen LogP contribution is 2.36. The number of fused-ring (bicyclic) bond motifs is 1. The Balaban J connectivity index is 1.57. The fourth-order valence-corrected chi connectivity index (χ4v) is 5.84. The molecule has 0 aromatic heterocycles. The quantitative estimate of drug-likeness (QED) is 0.318. The fourth-order valence-electron chi connectivity index (χ4n) is 5.84. The first-order chi connectivity index (χ1) is 20.7. The van der Waals surface area contributed by atoms with Crippen molar-refractivity contribution >= 4 is 35.0 Å². The smallest absolute Gasteiger partial charge is 0.306 e. The number of amides is 2. The van der Waals surface area contributed by atoms with Gasteiger partial charge in [-0.15, -0.1) is 0 Å². The largest absolute Gasteiger partial charge is 0.460 e. The Morgan fingerprint density at radius 3 is 2.34 bits per heavy atom. The first kappa shape index (κ1) is 33.1. The molecule has 8 heteroatoms. The Bertz CT molecular complexity index is 1410. The second-order valence-electron chi connectivity index (χ2n) is 14.1. The van der Waals surface area contributed by atoms with Gasteiger partial charge >= 0.3 is 5.97 Å². The van der Waals surface area contributed by atoms with Gasteiger partial charge in [-0.1, -0.05) is 76.4 Å². The highest BCUT2D eigenvalue weighted by molar-refractivity contribution is 6.08. The van der Waals surface area contributed by atoms with Gasteiger partial charge in [-0.3, -0.25) is 19.2 Å². The van der Waals surface area contributed by atoms with E-state index in [2.05, 4.69) is 5.32 Å². The monoisotopic (exact) mass is 601 g/mol. The summed E-state index contributed by atoms with van der Waals surface area (Å²) < 4.78 is 5.41.